The van der Waals surface area contributed by atoms with Crippen molar-refractivity contribution < 1.29 is 13.9 Å². The molecule has 1 aromatic rings. The molecule has 1 aromatic carbocycles. The molecule has 0 atom stereocenters. The number of carbonyl (C=O) groups is 1. The zero-order valence-electron chi connectivity index (χ0n) is 11.1. The van der Waals surface area contributed by atoms with Crippen LogP contribution < -0.4 is 5.32 Å². The lowest BCUT2D eigenvalue weighted by atomic mass is 10.1. The lowest BCUT2D eigenvalue weighted by molar-refractivity contribution is -0.127. The van der Waals surface area contributed by atoms with E-state index in [9.17, 15) is 9.18 Å². The summed E-state index contributed by atoms with van der Waals surface area (Å²) in [6, 6.07) is 4.69. The van der Waals surface area contributed by atoms with Gasteiger partial charge in [-0.25, -0.2) is 4.39 Å². The van der Waals surface area contributed by atoms with Crippen molar-refractivity contribution in [1.82, 2.24) is 5.32 Å². The Bertz CT molecular complexity index is 405. The van der Waals surface area contributed by atoms with Gasteiger partial charge >= 0.3 is 0 Å². The molecule has 0 fully saturated rings. The fourth-order valence-corrected chi connectivity index (χ4v) is 1.57. The molecule has 0 aliphatic rings. The lowest BCUT2D eigenvalue weighted by Crippen LogP contribution is -2.30. The Labute approximate surface area is 107 Å². The number of ether oxygens (including phenoxy) is 1. The summed E-state index contributed by atoms with van der Waals surface area (Å²) in [5, 5.41) is 2.77. The third-order valence-electron chi connectivity index (χ3n) is 2.57. The predicted octanol–water partition coefficient (Wildman–Crippen LogP) is 2.22. The quantitative estimate of drug-likeness (QED) is 0.844. The maximum atomic E-state index is 12.9. The first-order valence-electron chi connectivity index (χ1n) is 6.12. The number of hydrogen-bond acceptors (Lipinski definition) is 2. The van der Waals surface area contributed by atoms with Crippen LogP contribution in [-0.4, -0.2) is 25.2 Å². The zero-order chi connectivity index (χ0) is 13.5. The maximum Gasteiger partial charge on any atom is 0.246 e. The zero-order valence-corrected chi connectivity index (χ0v) is 11.1. The largest absolute Gasteiger partial charge is 0.369 e. The second-order valence-electron chi connectivity index (χ2n) is 4.53. The smallest absolute Gasteiger partial charge is 0.246 e. The van der Waals surface area contributed by atoms with Gasteiger partial charge in [0.2, 0.25) is 5.91 Å². The molecule has 0 spiro atoms. The Morgan fingerprint density at radius 2 is 2.17 bits per heavy atom. The van der Waals surface area contributed by atoms with Crippen molar-refractivity contribution in [3.8, 4) is 0 Å². The molecule has 0 bridgehead atoms. The van der Waals surface area contributed by atoms with Crippen LogP contribution in [0.1, 0.15) is 25.0 Å². The summed E-state index contributed by atoms with van der Waals surface area (Å²) in [6.07, 6.45) is 0.745. The summed E-state index contributed by atoms with van der Waals surface area (Å²) < 4.78 is 18.1. The van der Waals surface area contributed by atoms with Crippen LogP contribution in [0.4, 0.5) is 4.39 Å². The van der Waals surface area contributed by atoms with Crippen LogP contribution in [0.15, 0.2) is 18.2 Å². The molecule has 18 heavy (non-hydrogen) atoms. The SMILES string of the molecule is Cc1cc(F)ccc1CCNC(=O)COC(C)C. The van der Waals surface area contributed by atoms with Crippen LogP contribution in [-0.2, 0) is 16.0 Å². The summed E-state index contributed by atoms with van der Waals surface area (Å²) in [6.45, 7) is 6.25. The van der Waals surface area contributed by atoms with Gasteiger partial charge in [-0.2, -0.15) is 0 Å². The summed E-state index contributed by atoms with van der Waals surface area (Å²) in [5.74, 6) is -0.353. The predicted molar refractivity (Wildman–Crippen MR) is 68.9 cm³/mol. The van der Waals surface area contributed by atoms with Gasteiger partial charge in [-0.3, -0.25) is 4.79 Å². The molecule has 0 unspecified atom stereocenters. The van der Waals surface area contributed by atoms with Crippen molar-refractivity contribution in [2.75, 3.05) is 13.2 Å². The van der Waals surface area contributed by atoms with Gasteiger partial charge in [0.1, 0.15) is 12.4 Å². The van der Waals surface area contributed by atoms with Crippen LogP contribution in [0, 0.1) is 12.7 Å². The molecule has 1 N–H and O–H groups in total. The van der Waals surface area contributed by atoms with Gasteiger partial charge in [-0.05, 0) is 50.5 Å². The third-order valence-corrected chi connectivity index (χ3v) is 2.57. The van der Waals surface area contributed by atoms with E-state index in [4.69, 9.17) is 4.74 Å². The summed E-state index contributed by atoms with van der Waals surface area (Å²) in [5.41, 5.74) is 1.95. The van der Waals surface area contributed by atoms with Crippen LogP contribution in [0.2, 0.25) is 0 Å². The van der Waals surface area contributed by atoms with E-state index in [-0.39, 0.29) is 24.4 Å². The highest BCUT2D eigenvalue weighted by Crippen LogP contribution is 2.10. The number of carbonyl (C=O) groups excluding carboxylic acids is 1. The Morgan fingerprint density at radius 3 is 2.78 bits per heavy atom. The normalized spacial score (nSPS) is 10.7. The minimum absolute atomic E-state index is 0.0510. The van der Waals surface area contributed by atoms with Crippen LogP contribution in [0.25, 0.3) is 0 Å². The molecule has 1 rings (SSSR count). The average molecular weight is 253 g/mol. The van der Waals surface area contributed by atoms with Gasteiger partial charge in [0.05, 0.1) is 6.10 Å². The van der Waals surface area contributed by atoms with E-state index in [0.29, 0.717) is 13.0 Å². The highest BCUT2D eigenvalue weighted by atomic mass is 19.1. The molecular formula is C14H20FNO2. The molecule has 0 saturated carbocycles. The van der Waals surface area contributed by atoms with Gasteiger partial charge < -0.3 is 10.1 Å². The van der Waals surface area contributed by atoms with E-state index in [1.807, 2.05) is 20.8 Å². The topological polar surface area (TPSA) is 38.3 Å². The van der Waals surface area contributed by atoms with Crippen LogP contribution in [0.3, 0.4) is 0 Å². The molecule has 0 heterocycles. The van der Waals surface area contributed by atoms with Crippen molar-refractivity contribution in [3.05, 3.63) is 35.1 Å². The van der Waals surface area contributed by atoms with Crippen LogP contribution >= 0.6 is 0 Å². The number of halogens is 1. The van der Waals surface area contributed by atoms with E-state index in [1.165, 1.54) is 12.1 Å². The fourth-order valence-electron chi connectivity index (χ4n) is 1.57. The number of hydrogen-bond donors (Lipinski definition) is 1. The first kappa shape index (κ1) is 14.6. The summed E-state index contributed by atoms with van der Waals surface area (Å²) >= 11 is 0. The number of rotatable bonds is 6. The number of amides is 1. The van der Waals surface area contributed by atoms with Crippen molar-refractivity contribution in [3.63, 3.8) is 0 Å². The Morgan fingerprint density at radius 1 is 1.44 bits per heavy atom. The second-order valence-corrected chi connectivity index (χ2v) is 4.53. The highest BCUT2D eigenvalue weighted by molar-refractivity contribution is 5.77. The molecule has 1 amide bonds. The molecule has 4 heteroatoms. The summed E-state index contributed by atoms with van der Waals surface area (Å²) in [7, 11) is 0. The minimum Gasteiger partial charge on any atom is -0.369 e. The molecule has 100 valence electrons. The highest BCUT2D eigenvalue weighted by Gasteiger charge is 2.04. The molecule has 0 aliphatic carbocycles. The molecule has 0 radical (unpaired) electrons. The average Bonchev–Trinajstić information content (AvgIpc) is 2.29. The molecule has 0 aliphatic heterocycles. The van der Waals surface area contributed by atoms with Crippen molar-refractivity contribution in [1.29, 1.82) is 0 Å². The monoisotopic (exact) mass is 253 g/mol. The molecular weight excluding hydrogens is 233 g/mol. The van der Waals surface area contributed by atoms with Crippen molar-refractivity contribution >= 4 is 5.91 Å². The number of aryl methyl sites for hydroxylation is 1. The second kappa shape index (κ2) is 7.11. The molecule has 3 nitrogen and oxygen atoms in total. The lowest BCUT2D eigenvalue weighted by Gasteiger charge is -2.09. The standard InChI is InChI=1S/C14H20FNO2/c1-10(2)18-9-14(17)16-7-6-12-4-5-13(15)8-11(12)3/h4-5,8,10H,6-7,9H2,1-3H3,(H,16,17). The Kier molecular flexibility index (Phi) is 5.78. The Hall–Kier alpha value is -1.42. The van der Waals surface area contributed by atoms with E-state index < -0.39 is 0 Å². The number of benzene rings is 1. The van der Waals surface area contributed by atoms with Gasteiger partial charge in [-0.1, -0.05) is 6.07 Å². The first-order valence-corrected chi connectivity index (χ1v) is 6.12. The van der Waals surface area contributed by atoms with Gasteiger partial charge in [0.25, 0.3) is 0 Å². The molecule has 0 saturated heterocycles. The minimum atomic E-state index is -0.231. The van der Waals surface area contributed by atoms with Crippen molar-refractivity contribution in [2.45, 2.75) is 33.3 Å². The van der Waals surface area contributed by atoms with Crippen LogP contribution in [0.5, 0.6) is 0 Å². The van der Waals surface area contributed by atoms with Crippen molar-refractivity contribution in [2.24, 2.45) is 0 Å². The Balaban J connectivity index is 2.31. The van der Waals surface area contributed by atoms with E-state index in [1.54, 1.807) is 6.07 Å². The third kappa shape index (κ3) is 5.27. The summed E-state index contributed by atoms with van der Waals surface area (Å²) in [4.78, 5) is 11.4. The number of nitrogens with one attached hydrogen (secondary N) is 1. The van der Waals surface area contributed by atoms with Gasteiger partial charge in [0.15, 0.2) is 0 Å². The van der Waals surface area contributed by atoms with E-state index in [2.05, 4.69) is 5.32 Å². The van der Waals surface area contributed by atoms with E-state index in [0.717, 1.165) is 11.1 Å². The fraction of sp³-hybridized carbons (Fsp3) is 0.500. The van der Waals surface area contributed by atoms with Gasteiger partial charge in [0, 0.05) is 6.54 Å². The van der Waals surface area contributed by atoms with Gasteiger partial charge in [-0.15, -0.1) is 0 Å². The molecule has 0 aromatic heterocycles. The maximum absolute atomic E-state index is 12.9. The van der Waals surface area contributed by atoms with E-state index >= 15 is 0 Å². The first-order chi connectivity index (χ1) is 8.49.